The number of para-hydroxylation sites is 1. The molecule has 1 aromatic carbocycles. The second-order valence-electron chi connectivity index (χ2n) is 5.68. The highest BCUT2D eigenvalue weighted by atomic mass is 16.4. The highest BCUT2D eigenvalue weighted by molar-refractivity contribution is 5.96. The molecule has 1 aromatic heterocycles. The molecule has 0 spiro atoms. The van der Waals surface area contributed by atoms with Gasteiger partial charge in [-0.15, -0.1) is 0 Å². The third-order valence-electron chi connectivity index (χ3n) is 3.83. The van der Waals surface area contributed by atoms with Gasteiger partial charge in [0.2, 0.25) is 0 Å². The number of amides is 1. The Kier molecular flexibility index (Phi) is 3.78. The van der Waals surface area contributed by atoms with Gasteiger partial charge in [-0.05, 0) is 37.3 Å². The number of hydrogen-bond donors (Lipinski definition) is 0. The lowest BCUT2D eigenvalue weighted by Gasteiger charge is -2.21. The Hall–Kier alpha value is -2.10. The smallest absolute Gasteiger partial charge is 0.349 e. The van der Waals surface area contributed by atoms with E-state index in [1.54, 1.807) is 17.0 Å². The van der Waals surface area contributed by atoms with Gasteiger partial charge in [-0.25, -0.2) is 4.79 Å². The molecule has 1 saturated carbocycles. The maximum Gasteiger partial charge on any atom is 0.349 e. The Bertz CT molecular complexity index is 715. The lowest BCUT2D eigenvalue weighted by atomic mass is 10.1. The number of fused-ring (bicyclic) bond motifs is 1. The Morgan fingerprint density at radius 2 is 2.10 bits per heavy atom. The van der Waals surface area contributed by atoms with Gasteiger partial charge in [-0.3, -0.25) is 4.79 Å². The molecule has 3 rings (SSSR count). The van der Waals surface area contributed by atoms with Gasteiger partial charge < -0.3 is 9.32 Å². The van der Waals surface area contributed by atoms with Crippen LogP contribution >= 0.6 is 0 Å². The molecule has 0 radical (unpaired) electrons. The average Bonchev–Trinajstić information content (AvgIpc) is 3.29. The molecular formula is C17H19NO3. The minimum atomic E-state index is -0.546. The largest absolute Gasteiger partial charge is 0.422 e. The number of nitrogens with zero attached hydrogens (tertiary/aromatic N) is 1. The van der Waals surface area contributed by atoms with Crippen molar-refractivity contribution >= 4 is 16.9 Å². The highest BCUT2D eigenvalue weighted by Gasteiger charge is 2.28. The van der Waals surface area contributed by atoms with Crippen LogP contribution in [0.3, 0.4) is 0 Å². The van der Waals surface area contributed by atoms with E-state index in [9.17, 15) is 9.59 Å². The predicted molar refractivity (Wildman–Crippen MR) is 81.4 cm³/mol. The molecule has 0 atom stereocenters. The standard InChI is InChI=1S/C17H19NO3/c1-2-9-18(11-12-7-8-12)16(19)14-10-13-5-3-4-6-15(13)21-17(14)20/h3-6,10,12H,2,7-9,11H2,1H3. The van der Waals surface area contributed by atoms with Crippen LogP contribution in [0.5, 0.6) is 0 Å². The molecular weight excluding hydrogens is 266 g/mol. The first kappa shape index (κ1) is 13.9. The first-order chi connectivity index (χ1) is 10.2. The van der Waals surface area contributed by atoms with E-state index in [1.165, 1.54) is 12.8 Å². The fraction of sp³-hybridized carbons (Fsp3) is 0.412. The zero-order chi connectivity index (χ0) is 14.8. The SMILES string of the molecule is CCCN(CC1CC1)C(=O)c1cc2ccccc2oc1=O. The molecule has 1 aliphatic rings. The molecule has 21 heavy (non-hydrogen) atoms. The normalized spacial score (nSPS) is 14.3. The summed E-state index contributed by atoms with van der Waals surface area (Å²) in [5.41, 5.74) is 0.113. The Morgan fingerprint density at radius 1 is 1.33 bits per heavy atom. The maximum atomic E-state index is 12.6. The molecule has 110 valence electrons. The molecule has 0 N–H and O–H groups in total. The predicted octanol–water partition coefficient (Wildman–Crippen LogP) is 3.06. The summed E-state index contributed by atoms with van der Waals surface area (Å²) in [6.45, 7) is 3.47. The Balaban J connectivity index is 1.94. The number of carbonyl (C=O) groups excluding carboxylic acids is 1. The number of rotatable bonds is 5. The first-order valence-electron chi connectivity index (χ1n) is 7.51. The molecule has 4 heteroatoms. The minimum Gasteiger partial charge on any atom is -0.422 e. The summed E-state index contributed by atoms with van der Waals surface area (Å²) in [5, 5.41) is 0.781. The molecule has 4 nitrogen and oxygen atoms in total. The first-order valence-corrected chi connectivity index (χ1v) is 7.51. The van der Waals surface area contributed by atoms with Crippen LogP contribution in [-0.2, 0) is 0 Å². The zero-order valence-corrected chi connectivity index (χ0v) is 12.2. The van der Waals surface area contributed by atoms with E-state index in [1.807, 2.05) is 25.1 Å². The van der Waals surface area contributed by atoms with Crippen LogP contribution in [0.25, 0.3) is 11.0 Å². The van der Waals surface area contributed by atoms with Gasteiger partial charge >= 0.3 is 5.63 Å². The van der Waals surface area contributed by atoms with Crippen LogP contribution in [0.2, 0.25) is 0 Å². The second-order valence-corrected chi connectivity index (χ2v) is 5.68. The molecule has 0 bridgehead atoms. The molecule has 2 aromatic rings. The maximum absolute atomic E-state index is 12.6. The number of benzene rings is 1. The molecule has 0 saturated heterocycles. The summed E-state index contributed by atoms with van der Waals surface area (Å²) in [4.78, 5) is 26.5. The fourth-order valence-electron chi connectivity index (χ4n) is 2.54. The van der Waals surface area contributed by atoms with Gasteiger partial charge in [0.15, 0.2) is 0 Å². The van der Waals surface area contributed by atoms with E-state index in [2.05, 4.69) is 0 Å². The number of carbonyl (C=O) groups is 1. The van der Waals surface area contributed by atoms with Gasteiger partial charge in [0.1, 0.15) is 11.1 Å². The average molecular weight is 285 g/mol. The Labute approximate surface area is 123 Å². The fourth-order valence-corrected chi connectivity index (χ4v) is 2.54. The minimum absolute atomic E-state index is 0.141. The summed E-state index contributed by atoms with van der Waals surface area (Å²) >= 11 is 0. The lowest BCUT2D eigenvalue weighted by molar-refractivity contribution is 0.0743. The van der Waals surface area contributed by atoms with Gasteiger partial charge in [-0.2, -0.15) is 0 Å². The van der Waals surface area contributed by atoms with Crippen molar-refractivity contribution < 1.29 is 9.21 Å². The summed E-state index contributed by atoms with van der Waals surface area (Å²) in [6.07, 6.45) is 3.25. The number of hydrogen-bond acceptors (Lipinski definition) is 3. The van der Waals surface area contributed by atoms with Crippen LogP contribution in [0, 0.1) is 5.92 Å². The van der Waals surface area contributed by atoms with Crippen molar-refractivity contribution in [2.24, 2.45) is 5.92 Å². The van der Waals surface area contributed by atoms with Crippen molar-refractivity contribution in [2.45, 2.75) is 26.2 Å². The lowest BCUT2D eigenvalue weighted by Crippen LogP contribution is -2.36. The van der Waals surface area contributed by atoms with Crippen LogP contribution in [-0.4, -0.2) is 23.9 Å². The van der Waals surface area contributed by atoms with E-state index in [4.69, 9.17) is 4.42 Å². The van der Waals surface area contributed by atoms with Crippen molar-refractivity contribution in [3.8, 4) is 0 Å². The third-order valence-corrected chi connectivity index (χ3v) is 3.83. The Morgan fingerprint density at radius 3 is 2.81 bits per heavy atom. The molecule has 0 unspecified atom stereocenters. The van der Waals surface area contributed by atoms with Crippen molar-refractivity contribution in [1.29, 1.82) is 0 Å². The van der Waals surface area contributed by atoms with Gasteiger partial charge in [0.25, 0.3) is 5.91 Å². The van der Waals surface area contributed by atoms with Gasteiger partial charge in [0, 0.05) is 18.5 Å². The molecule has 1 heterocycles. The molecule has 1 aliphatic carbocycles. The quantitative estimate of drug-likeness (QED) is 0.793. The summed E-state index contributed by atoms with van der Waals surface area (Å²) in [6, 6.07) is 8.91. The van der Waals surface area contributed by atoms with Crippen LogP contribution in [0.1, 0.15) is 36.5 Å². The van der Waals surface area contributed by atoms with Crippen molar-refractivity contribution in [3.05, 3.63) is 46.3 Å². The van der Waals surface area contributed by atoms with E-state index >= 15 is 0 Å². The molecule has 1 amide bonds. The van der Waals surface area contributed by atoms with Crippen LogP contribution in [0.4, 0.5) is 0 Å². The van der Waals surface area contributed by atoms with Crippen molar-refractivity contribution in [1.82, 2.24) is 4.90 Å². The van der Waals surface area contributed by atoms with E-state index < -0.39 is 5.63 Å². The molecule has 0 aliphatic heterocycles. The highest BCUT2D eigenvalue weighted by Crippen LogP contribution is 2.30. The van der Waals surface area contributed by atoms with Crippen LogP contribution in [0.15, 0.2) is 39.5 Å². The van der Waals surface area contributed by atoms with Gasteiger partial charge in [-0.1, -0.05) is 25.1 Å². The summed E-state index contributed by atoms with van der Waals surface area (Å²) in [5.74, 6) is 0.399. The third kappa shape index (κ3) is 2.99. The van der Waals surface area contributed by atoms with Crippen molar-refractivity contribution in [2.75, 3.05) is 13.1 Å². The summed E-state index contributed by atoms with van der Waals surface area (Å²) < 4.78 is 5.26. The van der Waals surface area contributed by atoms with E-state index in [0.29, 0.717) is 18.0 Å². The molecule has 1 fully saturated rings. The monoisotopic (exact) mass is 285 g/mol. The van der Waals surface area contributed by atoms with Gasteiger partial charge in [0.05, 0.1) is 0 Å². The van der Waals surface area contributed by atoms with Crippen molar-refractivity contribution in [3.63, 3.8) is 0 Å². The van der Waals surface area contributed by atoms with E-state index in [0.717, 1.165) is 18.4 Å². The zero-order valence-electron chi connectivity index (χ0n) is 12.2. The second kappa shape index (κ2) is 5.72. The topological polar surface area (TPSA) is 50.5 Å². The van der Waals surface area contributed by atoms with E-state index in [-0.39, 0.29) is 11.5 Å². The van der Waals surface area contributed by atoms with Crippen LogP contribution < -0.4 is 5.63 Å². The summed E-state index contributed by atoms with van der Waals surface area (Å²) in [7, 11) is 0.